The Balaban J connectivity index is 2.29. The molecule has 0 fully saturated rings. The first-order chi connectivity index (χ1) is 9.71. The van der Waals surface area contributed by atoms with Crippen LogP contribution >= 0.6 is 0 Å². The molecule has 5 heteroatoms. The van der Waals surface area contributed by atoms with Crippen molar-refractivity contribution in [2.45, 2.75) is 26.1 Å². The van der Waals surface area contributed by atoms with Gasteiger partial charge >= 0.3 is 5.69 Å². The van der Waals surface area contributed by atoms with Gasteiger partial charge in [-0.2, -0.15) is 0 Å². The highest BCUT2D eigenvalue weighted by Gasteiger charge is 2.15. The van der Waals surface area contributed by atoms with Crippen molar-refractivity contribution in [1.82, 2.24) is 14.5 Å². The van der Waals surface area contributed by atoms with Crippen molar-refractivity contribution in [2.75, 3.05) is 14.2 Å². The van der Waals surface area contributed by atoms with Gasteiger partial charge in [0.1, 0.15) is 5.75 Å². The molecule has 0 saturated carbocycles. The standard InChI is InChI=1S/C15H21N3O2/c1-4-17-9-10-18(15(17)19)11-13(16-2)12-7-5-6-8-14(12)20-3/h5-10,13,16H,4,11H2,1-3H3. The molecule has 0 spiro atoms. The number of rotatable bonds is 6. The number of likely N-dealkylation sites (N-methyl/N-ethyl adjacent to an activating group) is 1. The van der Waals surface area contributed by atoms with E-state index in [1.54, 1.807) is 16.2 Å². The van der Waals surface area contributed by atoms with E-state index in [4.69, 9.17) is 4.74 Å². The fourth-order valence-electron chi connectivity index (χ4n) is 2.33. The van der Waals surface area contributed by atoms with Gasteiger partial charge in [-0.15, -0.1) is 0 Å². The monoisotopic (exact) mass is 275 g/mol. The number of hydrogen-bond donors (Lipinski definition) is 1. The molecule has 0 aliphatic rings. The molecule has 1 heterocycles. The quantitative estimate of drug-likeness (QED) is 0.872. The maximum absolute atomic E-state index is 12.1. The molecule has 2 aromatic rings. The summed E-state index contributed by atoms with van der Waals surface area (Å²) in [6.07, 6.45) is 3.64. The zero-order valence-corrected chi connectivity index (χ0v) is 12.2. The average molecular weight is 275 g/mol. The first kappa shape index (κ1) is 14.4. The third-order valence-electron chi connectivity index (χ3n) is 3.50. The molecule has 1 aromatic heterocycles. The predicted octanol–water partition coefficient (Wildman–Crippen LogP) is 1.64. The zero-order chi connectivity index (χ0) is 14.5. The van der Waals surface area contributed by atoms with Crippen molar-refractivity contribution in [1.29, 1.82) is 0 Å². The van der Waals surface area contributed by atoms with Crippen LogP contribution in [0.3, 0.4) is 0 Å². The van der Waals surface area contributed by atoms with Crippen molar-refractivity contribution in [3.63, 3.8) is 0 Å². The predicted molar refractivity (Wildman–Crippen MR) is 79.2 cm³/mol. The van der Waals surface area contributed by atoms with E-state index in [-0.39, 0.29) is 11.7 Å². The molecule has 1 unspecified atom stereocenters. The number of aromatic nitrogens is 2. The van der Waals surface area contributed by atoms with Crippen molar-refractivity contribution in [3.05, 3.63) is 52.7 Å². The van der Waals surface area contributed by atoms with E-state index in [1.807, 2.05) is 50.6 Å². The molecular formula is C15H21N3O2. The molecule has 20 heavy (non-hydrogen) atoms. The minimum Gasteiger partial charge on any atom is -0.496 e. The van der Waals surface area contributed by atoms with Gasteiger partial charge in [-0.3, -0.25) is 9.13 Å². The minimum absolute atomic E-state index is 0.0163. The molecule has 1 N–H and O–H groups in total. The van der Waals surface area contributed by atoms with Crippen LogP contribution in [0.2, 0.25) is 0 Å². The molecule has 0 bridgehead atoms. The largest absolute Gasteiger partial charge is 0.496 e. The highest BCUT2D eigenvalue weighted by molar-refractivity contribution is 5.35. The number of benzene rings is 1. The Labute approximate surface area is 118 Å². The molecule has 1 aromatic carbocycles. The fraction of sp³-hybridized carbons (Fsp3) is 0.400. The van der Waals surface area contributed by atoms with Crippen molar-refractivity contribution < 1.29 is 4.74 Å². The van der Waals surface area contributed by atoms with E-state index in [2.05, 4.69) is 5.32 Å². The number of nitrogens with zero attached hydrogens (tertiary/aromatic N) is 2. The molecule has 0 aliphatic carbocycles. The third kappa shape index (κ3) is 2.77. The Morgan fingerprint density at radius 3 is 2.55 bits per heavy atom. The molecular weight excluding hydrogens is 254 g/mol. The molecule has 0 radical (unpaired) electrons. The van der Waals surface area contributed by atoms with Gasteiger partial charge in [0.15, 0.2) is 0 Å². The molecule has 1 atom stereocenters. The summed E-state index contributed by atoms with van der Waals surface area (Å²) in [4.78, 5) is 12.1. The lowest BCUT2D eigenvalue weighted by molar-refractivity contribution is 0.393. The minimum atomic E-state index is 0.0163. The van der Waals surface area contributed by atoms with Crippen molar-refractivity contribution >= 4 is 0 Å². The molecule has 0 saturated heterocycles. The number of ether oxygens (including phenoxy) is 1. The molecule has 108 valence electrons. The Hall–Kier alpha value is -2.01. The van der Waals surface area contributed by atoms with Gasteiger partial charge in [0, 0.05) is 31.0 Å². The highest BCUT2D eigenvalue weighted by atomic mass is 16.5. The van der Waals surface area contributed by atoms with E-state index in [0.717, 1.165) is 11.3 Å². The number of imidazole rings is 1. The lowest BCUT2D eigenvalue weighted by atomic mass is 10.1. The number of aryl methyl sites for hydroxylation is 1. The second kappa shape index (κ2) is 6.43. The molecule has 0 aliphatic heterocycles. The van der Waals surface area contributed by atoms with Crippen LogP contribution in [0.1, 0.15) is 18.5 Å². The van der Waals surface area contributed by atoms with Crippen LogP contribution < -0.4 is 15.7 Å². The van der Waals surface area contributed by atoms with Gasteiger partial charge in [-0.05, 0) is 20.0 Å². The van der Waals surface area contributed by atoms with Crippen LogP contribution in [-0.2, 0) is 13.1 Å². The topological polar surface area (TPSA) is 48.2 Å². The summed E-state index contributed by atoms with van der Waals surface area (Å²) in [6, 6.07) is 7.88. The second-order valence-electron chi connectivity index (χ2n) is 4.60. The summed E-state index contributed by atoms with van der Waals surface area (Å²) in [5.74, 6) is 0.829. The Morgan fingerprint density at radius 2 is 1.95 bits per heavy atom. The first-order valence-corrected chi connectivity index (χ1v) is 6.77. The Bertz CT molecular complexity index is 616. The number of nitrogens with one attached hydrogen (secondary N) is 1. The Kier molecular flexibility index (Phi) is 4.63. The van der Waals surface area contributed by atoms with E-state index in [1.165, 1.54) is 0 Å². The number of para-hydroxylation sites is 1. The van der Waals surface area contributed by atoms with E-state index >= 15 is 0 Å². The number of methoxy groups -OCH3 is 1. The summed E-state index contributed by atoms with van der Waals surface area (Å²) in [6.45, 7) is 3.22. The second-order valence-corrected chi connectivity index (χ2v) is 4.60. The van der Waals surface area contributed by atoms with Crippen LogP contribution in [0.25, 0.3) is 0 Å². The normalized spacial score (nSPS) is 12.3. The van der Waals surface area contributed by atoms with E-state index in [0.29, 0.717) is 13.1 Å². The Morgan fingerprint density at radius 1 is 1.25 bits per heavy atom. The summed E-state index contributed by atoms with van der Waals surface area (Å²) in [5.41, 5.74) is 1.07. The lowest BCUT2D eigenvalue weighted by Gasteiger charge is -2.19. The number of hydrogen-bond acceptors (Lipinski definition) is 3. The third-order valence-corrected chi connectivity index (χ3v) is 3.50. The maximum Gasteiger partial charge on any atom is 0.328 e. The van der Waals surface area contributed by atoms with Gasteiger partial charge < -0.3 is 10.1 Å². The van der Waals surface area contributed by atoms with E-state index < -0.39 is 0 Å². The van der Waals surface area contributed by atoms with Crippen LogP contribution in [0.5, 0.6) is 5.75 Å². The summed E-state index contributed by atoms with van der Waals surface area (Å²) in [7, 11) is 3.55. The smallest absolute Gasteiger partial charge is 0.328 e. The van der Waals surface area contributed by atoms with Gasteiger partial charge in [0.2, 0.25) is 0 Å². The lowest BCUT2D eigenvalue weighted by Crippen LogP contribution is -2.29. The van der Waals surface area contributed by atoms with Crippen molar-refractivity contribution in [2.24, 2.45) is 0 Å². The average Bonchev–Trinajstić information content (AvgIpc) is 2.85. The van der Waals surface area contributed by atoms with Gasteiger partial charge in [-0.1, -0.05) is 18.2 Å². The van der Waals surface area contributed by atoms with Crippen LogP contribution in [0.4, 0.5) is 0 Å². The molecule has 0 amide bonds. The molecule has 5 nitrogen and oxygen atoms in total. The highest BCUT2D eigenvalue weighted by Crippen LogP contribution is 2.25. The van der Waals surface area contributed by atoms with E-state index in [9.17, 15) is 4.79 Å². The van der Waals surface area contributed by atoms with Gasteiger partial charge in [0.25, 0.3) is 0 Å². The van der Waals surface area contributed by atoms with Crippen LogP contribution in [0, 0.1) is 0 Å². The summed E-state index contributed by atoms with van der Waals surface area (Å²) in [5, 5.41) is 3.25. The maximum atomic E-state index is 12.1. The first-order valence-electron chi connectivity index (χ1n) is 6.77. The zero-order valence-electron chi connectivity index (χ0n) is 12.2. The van der Waals surface area contributed by atoms with Crippen LogP contribution in [-0.4, -0.2) is 23.3 Å². The summed E-state index contributed by atoms with van der Waals surface area (Å²) >= 11 is 0. The van der Waals surface area contributed by atoms with Crippen LogP contribution in [0.15, 0.2) is 41.5 Å². The molecule has 2 rings (SSSR count). The van der Waals surface area contributed by atoms with Gasteiger partial charge in [-0.25, -0.2) is 4.79 Å². The fourth-order valence-corrected chi connectivity index (χ4v) is 2.33. The van der Waals surface area contributed by atoms with Crippen molar-refractivity contribution in [3.8, 4) is 5.75 Å². The van der Waals surface area contributed by atoms with Gasteiger partial charge in [0.05, 0.1) is 13.2 Å². The summed E-state index contributed by atoms with van der Waals surface area (Å²) < 4.78 is 8.80. The SMILES string of the molecule is CCn1ccn(CC(NC)c2ccccc2OC)c1=O.